The Morgan fingerprint density at radius 2 is 1.45 bits per heavy atom. The molecule has 0 unspecified atom stereocenters. The minimum atomic E-state index is -0.255. The highest BCUT2D eigenvalue weighted by atomic mass is 16.5. The number of hydrogen-bond acceptors (Lipinski definition) is 5. The Hall–Kier alpha value is -0.690. The van der Waals surface area contributed by atoms with Crippen LogP contribution in [0.5, 0.6) is 0 Å². The van der Waals surface area contributed by atoms with Crippen molar-refractivity contribution in [3.05, 3.63) is 0 Å². The highest BCUT2D eigenvalue weighted by Crippen LogP contribution is 2.46. The second kappa shape index (κ2) is 5.60. The highest BCUT2D eigenvalue weighted by Gasteiger charge is 2.55. The fourth-order valence-corrected chi connectivity index (χ4v) is 4.21. The molecule has 0 bridgehead atoms. The van der Waals surface area contributed by atoms with Gasteiger partial charge in [-0.2, -0.15) is 5.06 Å². The van der Waals surface area contributed by atoms with E-state index in [9.17, 15) is 10.0 Å². The predicted octanol–water partition coefficient (Wildman–Crippen LogP) is 0.684. The van der Waals surface area contributed by atoms with E-state index < -0.39 is 0 Å². The zero-order chi connectivity index (χ0) is 14.1. The van der Waals surface area contributed by atoms with Crippen LogP contribution in [0, 0.1) is 0 Å². The first-order valence-electron chi connectivity index (χ1n) is 7.55. The molecule has 3 heterocycles. The molecule has 0 atom stereocenters. The van der Waals surface area contributed by atoms with Gasteiger partial charge in [-0.1, -0.05) is 0 Å². The second-order valence-corrected chi connectivity index (χ2v) is 6.37. The number of nitrogens with zero attached hydrogens (tertiary/aromatic N) is 1. The van der Waals surface area contributed by atoms with E-state index >= 15 is 0 Å². The summed E-state index contributed by atoms with van der Waals surface area (Å²) in [7, 11) is 0. The van der Waals surface area contributed by atoms with Gasteiger partial charge in [0, 0.05) is 32.5 Å². The van der Waals surface area contributed by atoms with Crippen molar-refractivity contribution in [1.29, 1.82) is 0 Å². The zero-order valence-corrected chi connectivity index (χ0v) is 11.8. The van der Waals surface area contributed by atoms with Crippen molar-refractivity contribution in [1.82, 2.24) is 10.4 Å². The number of ether oxygens (including phenoxy) is 2. The Kier molecular flexibility index (Phi) is 3.99. The monoisotopic (exact) mass is 284 g/mol. The summed E-state index contributed by atoms with van der Waals surface area (Å²) in [5.74, 6) is 0. The van der Waals surface area contributed by atoms with Crippen LogP contribution in [0.25, 0.3) is 0 Å². The molecule has 2 spiro atoms. The maximum Gasteiger partial charge on any atom is 0.207 e. The lowest BCUT2D eigenvalue weighted by atomic mass is 9.69. The minimum Gasteiger partial charge on any atom is -0.381 e. The van der Waals surface area contributed by atoms with E-state index in [2.05, 4.69) is 5.32 Å². The molecule has 3 aliphatic heterocycles. The minimum absolute atomic E-state index is 0.132. The fourth-order valence-electron chi connectivity index (χ4n) is 4.21. The summed E-state index contributed by atoms with van der Waals surface area (Å²) >= 11 is 0. The molecule has 0 aromatic carbocycles. The lowest BCUT2D eigenvalue weighted by Crippen LogP contribution is -2.69. The SMILES string of the molecule is O=CNC1CC2(CCOCC2)N(O)C2(CCOCC2)C1. The summed E-state index contributed by atoms with van der Waals surface area (Å²) in [6.45, 7) is 2.71. The molecule has 1 amide bonds. The number of piperidine rings is 1. The Morgan fingerprint density at radius 1 is 1.00 bits per heavy atom. The second-order valence-electron chi connectivity index (χ2n) is 6.37. The number of carbonyl (C=O) groups excluding carboxylic acids is 1. The van der Waals surface area contributed by atoms with Gasteiger partial charge in [-0.25, -0.2) is 0 Å². The van der Waals surface area contributed by atoms with Gasteiger partial charge in [0.2, 0.25) is 6.41 Å². The first-order valence-corrected chi connectivity index (χ1v) is 7.55. The molecule has 0 radical (unpaired) electrons. The molecule has 3 aliphatic rings. The third-order valence-electron chi connectivity index (χ3n) is 5.30. The third kappa shape index (κ3) is 2.35. The van der Waals surface area contributed by atoms with Crippen LogP contribution in [-0.2, 0) is 14.3 Å². The number of hydrogen-bond donors (Lipinski definition) is 2. The number of hydroxylamine groups is 2. The Bertz CT molecular complexity index is 323. The molecule has 0 aliphatic carbocycles. The highest BCUT2D eigenvalue weighted by molar-refractivity contribution is 5.47. The molecule has 6 heteroatoms. The molecule has 0 aromatic heterocycles. The van der Waals surface area contributed by atoms with Crippen molar-refractivity contribution in [3.8, 4) is 0 Å². The van der Waals surface area contributed by atoms with Gasteiger partial charge in [-0.3, -0.25) is 4.79 Å². The number of amides is 1. The van der Waals surface area contributed by atoms with Crippen LogP contribution in [0.1, 0.15) is 38.5 Å². The molecule has 20 heavy (non-hydrogen) atoms. The van der Waals surface area contributed by atoms with Crippen molar-refractivity contribution < 1.29 is 19.5 Å². The lowest BCUT2D eigenvalue weighted by molar-refractivity contribution is -0.294. The van der Waals surface area contributed by atoms with Crippen molar-refractivity contribution in [2.75, 3.05) is 26.4 Å². The van der Waals surface area contributed by atoms with Crippen molar-refractivity contribution in [2.45, 2.75) is 55.6 Å². The lowest BCUT2D eigenvalue weighted by Gasteiger charge is -2.58. The van der Waals surface area contributed by atoms with Gasteiger partial charge in [0.15, 0.2) is 0 Å². The summed E-state index contributed by atoms with van der Waals surface area (Å²) in [4.78, 5) is 10.9. The Balaban J connectivity index is 1.87. The standard InChI is InChI=1S/C14H24N2O4/c17-11-15-12-9-13(1-5-19-6-2-13)16(18)14(10-12)3-7-20-8-4-14/h11-12,18H,1-10H2,(H,15,17). The smallest absolute Gasteiger partial charge is 0.207 e. The molecule has 6 nitrogen and oxygen atoms in total. The average molecular weight is 284 g/mol. The molecule has 3 rings (SSSR count). The Labute approximate surface area is 119 Å². The summed E-state index contributed by atoms with van der Waals surface area (Å²) in [6, 6.07) is 0.132. The van der Waals surface area contributed by atoms with Gasteiger partial charge in [0.25, 0.3) is 0 Å². The van der Waals surface area contributed by atoms with Gasteiger partial charge in [0.05, 0.1) is 11.1 Å². The molecule has 3 saturated heterocycles. The maximum absolute atomic E-state index is 11.0. The largest absolute Gasteiger partial charge is 0.381 e. The van der Waals surface area contributed by atoms with Crippen molar-refractivity contribution in [2.24, 2.45) is 0 Å². The van der Waals surface area contributed by atoms with Gasteiger partial charge in [-0.15, -0.1) is 0 Å². The predicted molar refractivity (Wildman–Crippen MR) is 71.4 cm³/mol. The molecular formula is C14H24N2O4. The van der Waals surface area contributed by atoms with E-state index in [4.69, 9.17) is 9.47 Å². The van der Waals surface area contributed by atoms with Crippen LogP contribution in [0.2, 0.25) is 0 Å². The number of carbonyl (C=O) groups is 1. The van der Waals surface area contributed by atoms with E-state index in [1.807, 2.05) is 0 Å². The molecule has 0 aromatic rings. The third-order valence-corrected chi connectivity index (χ3v) is 5.30. The average Bonchev–Trinajstić information content (AvgIpc) is 2.47. The zero-order valence-electron chi connectivity index (χ0n) is 11.8. The molecule has 2 N–H and O–H groups in total. The van der Waals surface area contributed by atoms with Crippen molar-refractivity contribution >= 4 is 6.41 Å². The van der Waals surface area contributed by atoms with Crippen molar-refractivity contribution in [3.63, 3.8) is 0 Å². The van der Waals surface area contributed by atoms with Crippen LogP contribution < -0.4 is 5.32 Å². The summed E-state index contributed by atoms with van der Waals surface area (Å²) < 4.78 is 10.9. The van der Waals surface area contributed by atoms with Crippen LogP contribution in [0.4, 0.5) is 0 Å². The molecular weight excluding hydrogens is 260 g/mol. The van der Waals surface area contributed by atoms with Crippen LogP contribution in [0.15, 0.2) is 0 Å². The van der Waals surface area contributed by atoms with E-state index in [0.717, 1.165) is 44.9 Å². The number of nitrogens with one attached hydrogen (secondary N) is 1. The molecule has 114 valence electrons. The van der Waals surface area contributed by atoms with E-state index in [1.165, 1.54) is 0 Å². The Morgan fingerprint density at radius 3 is 1.85 bits per heavy atom. The van der Waals surface area contributed by atoms with Crippen LogP contribution in [0.3, 0.4) is 0 Å². The normalized spacial score (nSPS) is 33.1. The maximum atomic E-state index is 11.0. The van der Waals surface area contributed by atoms with Gasteiger partial charge in [0.1, 0.15) is 0 Å². The van der Waals surface area contributed by atoms with E-state index in [-0.39, 0.29) is 17.1 Å². The molecule has 0 saturated carbocycles. The summed E-state index contributed by atoms with van der Waals surface area (Å²) in [5.41, 5.74) is -0.511. The van der Waals surface area contributed by atoms with Crippen LogP contribution in [-0.4, -0.2) is 60.2 Å². The number of rotatable bonds is 2. The van der Waals surface area contributed by atoms with E-state index in [0.29, 0.717) is 26.4 Å². The van der Waals surface area contributed by atoms with E-state index in [1.54, 1.807) is 5.06 Å². The first kappa shape index (κ1) is 14.3. The van der Waals surface area contributed by atoms with Gasteiger partial charge >= 0.3 is 0 Å². The van der Waals surface area contributed by atoms with Crippen LogP contribution >= 0.6 is 0 Å². The summed E-state index contributed by atoms with van der Waals surface area (Å²) in [5, 5.41) is 15.5. The first-order chi connectivity index (χ1) is 9.71. The summed E-state index contributed by atoms with van der Waals surface area (Å²) in [6.07, 6.45) is 5.68. The fraction of sp³-hybridized carbons (Fsp3) is 0.929. The van der Waals surface area contributed by atoms with Gasteiger partial charge < -0.3 is 20.0 Å². The molecule has 3 fully saturated rings. The quantitative estimate of drug-likeness (QED) is 0.730. The topological polar surface area (TPSA) is 71.0 Å². The van der Waals surface area contributed by atoms with Gasteiger partial charge in [-0.05, 0) is 38.5 Å².